The van der Waals surface area contributed by atoms with Gasteiger partial charge >= 0.3 is 0 Å². The van der Waals surface area contributed by atoms with Gasteiger partial charge in [0.05, 0.1) is 0 Å². The van der Waals surface area contributed by atoms with Gasteiger partial charge in [0.25, 0.3) is 5.91 Å². The Kier molecular flexibility index (Phi) is 6.06. The second-order valence-corrected chi connectivity index (χ2v) is 7.03. The molecule has 0 bridgehead atoms. The molecule has 2 aromatic rings. The predicted molar refractivity (Wildman–Crippen MR) is 110 cm³/mol. The predicted octanol–water partition coefficient (Wildman–Crippen LogP) is 3.87. The van der Waals surface area contributed by atoms with E-state index in [0.29, 0.717) is 23.9 Å². The van der Waals surface area contributed by atoms with Crippen molar-refractivity contribution in [3.63, 3.8) is 0 Å². The van der Waals surface area contributed by atoms with Crippen LogP contribution in [0.1, 0.15) is 36.1 Å². The summed E-state index contributed by atoms with van der Waals surface area (Å²) < 4.78 is 0. The quantitative estimate of drug-likeness (QED) is 0.761. The van der Waals surface area contributed by atoms with Crippen LogP contribution in [0, 0.1) is 12.8 Å². The number of hydrogen-bond donors (Lipinski definition) is 2. The molecule has 2 heterocycles. The molecule has 27 heavy (non-hydrogen) atoms. The molecule has 0 atom stereocenters. The number of nitrogens with zero attached hydrogens (tertiary/aromatic N) is 3. The first-order valence-electron chi connectivity index (χ1n) is 9.42. The van der Waals surface area contributed by atoms with Gasteiger partial charge < -0.3 is 15.5 Å². The number of rotatable bonds is 6. The third kappa shape index (κ3) is 5.06. The van der Waals surface area contributed by atoms with Gasteiger partial charge in [-0.2, -0.15) is 0 Å². The third-order valence-electron chi connectivity index (χ3n) is 4.77. The van der Waals surface area contributed by atoms with Crippen molar-refractivity contribution in [2.45, 2.75) is 26.7 Å². The Labute approximate surface area is 160 Å². The molecule has 6 heteroatoms. The molecule has 0 saturated carbocycles. The zero-order valence-electron chi connectivity index (χ0n) is 16.0. The Balaban J connectivity index is 1.65. The van der Waals surface area contributed by atoms with Gasteiger partial charge in [-0.1, -0.05) is 13.0 Å². The van der Waals surface area contributed by atoms with Crippen molar-refractivity contribution in [1.82, 2.24) is 9.97 Å². The molecule has 142 valence electrons. The molecule has 1 aliphatic rings. The summed E-state index contributed by atoms with van der Waals surface area (Å²) in [5.41, 5.74) is 2.29. The Hall–Kier alpha value is -2.89. The zero-order valence-corrected chi connectivity index (χ0v) is 16.0. The number of carbonyl (C=O) groups is 1. The van der Waals surface area contributed by atoms with Gasteiger partial charge in [0.15, 0.2) is 0 Å². The van der Waals surface area contributed by atoms with Gasteiger partial charge in [-0.05, 0) is 49.9 Å². The molecular weight excluding hydrogens is 338 g/mol. The normalized spacial score (nSPS) is 14.7. The average molecular weight is 365 g/mol. The average Bonchev–Trinajstić information content (AvgIpc) is 2.67. The van der Waals surface area contributed by atoms with Gasteiger partial charge in [-0.3, -0.25) is 4.79 Å². The fourth-order valence-corrected chi connectivity index (χ4v) is 3.17. The minimum absolute atomic E-state index is 0.248. The number of anilines is 3. The highest BCUT2D eigenvalue weighted by Gasteiger charge is 2.16. The molecule has 6 nitrogen and oxygen atoms in total. The van der Waals surface area contributed by atoms with E-state index in [1.165, 1.54) is 18.5 Å². The van der Waals surface area contributed by atoms with Crippen molar-refractivity contribution < 1.29 is 4.79 Å². The second kappa shape index (κ2) is 8.66. The summed E-state index contributed by atoms with van der Waals surface area (Å²) in [5, 5.41) is 6.00. The third-order valence-corrected chi connectivity index (χ3v) is 4.77. The molecule has 0 radical (unpaired) electrons. The van der Waals surface area contributed by atoms with Crippen LogP contribution in [-0.2, 0) is 0 Å². The van der Waals surface area contributed by atoms with Crippen LogP contribution in [0.3, 0.4) is 0 Å². The van der Waals surface area contributed by atoms with Crippen LogP contribution in [0.5, 0.6) is 0 Å². The highest BCUT2D eigenvalue weighted by molar-refractivity contribution is 6.03. The van der Waals surface area contributed by atoms with Gasteiger partial charge in [-0.25, -0.2) is 9.97 Å². The molecule has 1 aromatic carbocycles. The van der Waals surface area contributed by atoms with E-state index in [-0.39, 0.29) is 5.91 Å². The number of aromatic nitrogens is 2. The number of hydrogen-bond acceptors (Lipinski definition) is 5. The Bertz CT molecular complexity index is 795. The van der Waals surface area contributed by atoms with Crippen LogP contribution >= 0.6 is 0 Å². The lowest BCUT2D eigenvalue weighted by Gasteiger charge is -2.32. The summed E-state index contributed by atoms with van der Waals surface area (Å²) in [6, 6.07) is 9.66. The van der Waals surface area contributed by atoms with Gasteiger partial charge in [0, 0.05) is 37.1 Å². The van der Waals surface area contributed by atoms with Crippen LogP contribution in [-0.4, -0.2) is 35.5 Å². The monoisotopic (exact) mass is 365 g/mol. The first-order valence-corrected chi connectivity index (χ1v) is 9.42. The molecular formula is C21H27N5O. The van der Waals surface area contributed by atoms with E-state index in [1.807, 2.05) is 12.1 Å². The molecule has 1 saturated heterocycles. The standard InChI is InChI=1S/C21H27N5O/c1-4-11-22-20-14-19(23-16(3)24-20)21(27)25-17-5-7-18(8-6-17)26-12-9-15(2)10-13-26/h4-8,14-15H,1,9-13H2,2-3H3,(H,25,27)(H,22,23,24). The molecule has 0 aliphatic carbocycles. The van der Waals surface area contributed by atoms with Crippen LogP contribution in [0.4, 0.5) is 17.2 Å². The summed E-state index contributed by atoms with van der Waals surface area (Å²) in [6.45, 7) is 10.5. The smallest absolute Gasteiger partial charge is 0.274 e. The summed E-state index contributed by atoms with van der Waals surface area (Å²) in [6.07, 6.45) is 4.20. The first kappa shape index (κ1) is 18.9. The van der Waals surface area contributed by atoms with Crippen molar-refractivity contribution in [3.8, 4) is 0 Å². The molecule has 1 fully saturated rings. The minimum Gasteiger partial charge on any atom is -0.372 e. The number of amides is 1. The molecule has 1 amide bonds. The first-order chi connectivity index (χ1) is 13.0. The molecule has 2 N–H and O–H groups in total. The van der Waals surface area contributed by atoms with Gasteiger partial charge in [0.2, 0.25) is 0 Å². The summed E-state index contributed by atoms with van der Waals surface area (Å²) in [4.78, 5) is 23.5. The van der Waals surface area contributed by atoms with Gasteiger partial charge in [-0.15, -0.1) is 6.58 Å². The lowest BCUT2D eigenvalue weighted by atomic mass is 9.99. The Morgan fingerprint density at radius 3 is 2.63 bits per heavy atom. The second-order valence-electron chi connectivity index (χ2n) is 7.03. The maximum Gasteiger partial charge on any atom is 0.274 e. The summed E-state index contributed by atoms with van der Waals surface area (Å²) in [5.74, 6) is 1.72. The Morgan fingerprint density at radius 2 is 1.96 bits per heavy atom. The Morgan fingerprint density at radius 1 is 1.26 bits per heavy atom. The largest absolute Gasteiger partial charge is 0.372 e. The van der Waals surface area contributed by atoms with Crippen molar-refractivity contribution >= 4 is 23.1 Å². The maximum atomic E-state index is 12.6. The fraction of sp³-hybridized carbons (Fsp3) is 0.381. The number of aryl methyl sites for hydroxylation is 1. The van der Waals surface area contributed by atoms with Crippen molar-refractivity contribution in [1.29, 1.82) is 0 Å². The van der Waals surface area contributed by atoms with Crippen molar-refractivity contribution in [2.75, 3.05) is 35.2 Å². The van der Waals surface area contributed by atoms with E-state index in [0.717, 1.165) is 24.7 Å². The van der Waals surface area contributed by atoms with Crippen molar-refractivity contribution in [2.24, 2.45) is 5.92 Å². The van der Waals surface area contributed by atoms with E-state index in [2.05, 4.69) is 51.1 Å². The van der Waals surface area contributed by atoms with E-state index in [4.69, 9.17) is 0 Å². The van der Waals surface area contributed by atoms with Crippen LogP contribution < -0.4 is 15.5 Å². The molecule has 0 unspecified atom stereocenters. The molecule has 0 spiro atoms. The number of piperidine rings is 1. The van der Waals surface area contributed by atoms with Crippen LogP contribution in [0.15, 0.2) is 43.0 Å². The van der Waals surface area contributed by atoms with Crippen LogP contribution in [0.2, 0.25) is 0 Å². The maximum absolute atomic E-state index is 12.6. The van der Waals surface area contributed by atoms with E-state index < -0.39 is 0 Å². The van der Waals surface area contributed by atoms with Crippen molar-refractivity contribution in [3.05, 3.63) is 54.5 Å². The highest BCUT2D eigenvalue weighted by Crippen LogP contribution is 2.24. The van der Waals surface area contributed by atoms with E-state index in [9.17, 15) is 4.79 Å². The van der Waals surface area contributed by atoms with E-state index >= 15 is 0 Å². The minimum atomic E-state index is -0.248. The highest BCUT2D eigenvalue weighted by atomic mass is 16.1. The molecule has 3 rings (SSSR count). The van der Waals surface area contributed by atoms with Gasteiger partial charge in [0.1, 0.15) is 17.3 Å². The molecule has 1 aliphatic heterocycles. The number of nitrogens with one attached hydrogen (secondary N) is 2. The zero-order chi connectivity index (χ0) is 19.2. The number of benzene rings is 1. The number of carbonyl (C=O) groups excluding carboxylic acids is 1. The van der Waals surface area contributed by atoms with E-state index in [1.54, 1.807) is 19.1 Å². The summed E-state index contributed by atoms with van der Waals surface area (Å²) >= 11 is 0. The van der Waals surface area contributed by atoms with Crippen LogP contribution in [0.25, 0.3) is 0 Å². The SMILES string of the molecule is C=CCNc1cc(C(=O)Nc2ccc(N3CCC(C)CC3)cc2)nc(C)n1. The fourth-order valence-electron chi connectivity index (χ4n) is 3.17. The lowest BCUT2D eigenvalue weighted by Crippen LogP contribution is -2.32. The topological polar surface area (TPSA) is 70.2 Å². The molecule has 1 aromatic heterocycles. The summed E-state index contributed by atoms with van der Waals surface area (Å²) in [7, 11) is 0. The lowest BCUT2D eigenvalue weighted by molar-refractivity contribution is 0.102.